The van der Waals surface area contributed by atoms with E-state index < -0.39 is 0 Å². The molecular weight excluding hydrogens is 364 g/mol. The second-order valence-corrected chi connectivity index (χ2v) is 7.75. The number of unbranched alkanes of at least 4 members (excludes halogenated alkanes) is 1. The summed E-state index contributed by atoms with van der Waals surface area (Å²) < 4.78 is 5.39. The van der Waals surface area contributed by atoms with Gasteiger partial charge < -0.3 is 20.3 Å². The van der Waals surface area contributed by atoms with Crippen LogP contribution in [-0.4, -0.2) is 101 Å². The van der Waals surface area contributed by atoms with E-state index in [-0.39, 0.29) is 0 Å². The summed E-state index contributed by atoms with van der Waals surface area (Å²) in [4.78, 5) is 11.8. The molecule has 2 aliphatic heterocycles. The quantitative estimate of drug-likeness (QED) is 0.366. The number of anilines is 1. The number of hydrogen-bond acceptors (Lipinski definition) is 5. The molecule has 0 unspecified atom stereocenters. The first-order valence-electron chi connectivity index (χ1n) is 11.1. The zero-order valence-electron chi connectivity index (χ0n) is 18.0. The lowest BCUT2D eigenvalue weighted by Crippen LogP contribution is -2.46. The van der Waals surface area contributed by atoms with Crippen molar-refractivity contribution >= 4 is 11.6 Å². The van der Waals surface area contributed by atoms with E-state index in [9.17, 15) is 0 Å². The number of ether oxygens (including phenoxy) is 1. The van der Waals surface area contributed by atoms with Crippen molar-refractivity contribution in [3.8, 4) is 0 Å². The molecule has 2 fully saturated rings. The predicted molar refractivity (Wildman–Crippen MR) is 121 cm³/mol. The number of morpholine rings is 1. The summed E-state index contributed by atoms with van der Waals surface area (Å²) in [6.45, 7) is 12.5. The van der Waals surface area contributed by atoms with Gasteiger partial charge in [-0.1, -0.05) is 18.2 Å². The Balaban J connectivity index is 1.20. The smallest absolute Gasteiger partial charge is 0.191 e. The van der Waals surface area contributed by atoms with E-state index in [4.69, 9.17) is 4.74 Å². The summed E-state index contributed by atoms with van der Waals surface area (Å²) in [6.07, 6.45) is 2.40. The van der Waals surface area contributed by atoms with Crippen LogP contribution in [0.15, 0.2) is 35.3 Å². The fraction of sp³-hybridized carbons (Fsp3) is 0.682. The molecule has 2 N–H and O–H groups in total. The number of guanidine groups is 1. The van der Waals surface area contributed by atoms with Gasteiger partial charge in [0.05, 0.1) is 13.2 Å². The number of nitrogens with one attached hydrogen (secondary N) is 2. The average molecular weight is 403 g/mol. The highest BCUT2D eigenvalue weighted by Gasteiger charge is 2.16. The molecule has 7 nitrogen and oxygen atoms in total. The average Bonchev–Trinajstić information content (AvgIpc) is 2.79. The Bertz CT molecular complexity index is 582. The molecule has 2 saturated heterocycles. The highest BCUT2D eigenvalue weighted by Crippen LogP contribution is 2.15. The molecule has 0 bridgehead atoms. The molecule has 1 aromatic carbocycles. The zero-order chi connectivity index (χ0) is 20.2. The number of rotatable bonds is 9. The minimum absolute atomic E-state index is 0.855. The van der Waals surface area contributed by atoms with E-state index in [1.165, 1.54) is 25.1 Å². The van der Waals surface area contributed by atoms with Crippen LogP contribution in [0, 0.1) is 0 Å². The molecular formula is C22H38N6O. The van der Waals surface area contributed by atoms with E-state index in [1.807, 2.05) is 7.05 Å². The summed E-state index contributed by atoms with van der Waals surface area (Å²) in [7, 11) is 1.84. The lowest BCUT2D eigenvalue weighted by atomic mass is 10.2. The SMILES string of the molecule is CN=C(NCCCCN1CCN(c2ccccc2)CC1)NCCN1CCOCC1. The summed E-state index contributed by atoms with van der Waals surface area (Å²) in [5.74, 6) is 0.912. The topological polar surface area (TPSA) is 55.4 Å². The van der Waals surface area contributed by atoms with Crippen LogP contribution in [0.3, 0.4) is 0 Å². The molecule has 0 aromatic heterocycles. The number of para-hydroxylation sites is 1. The third-order valence-electron chi connectivity index (χ3n) is 5.73. The highest BCUT2D eigenvalue weighted by molar-refractivity contribution is 5.79. The third-order valence-corrected chi connectivity index (χ3v) is 5.73. The van der Waals surface area contributed by atoms with Gasteiger partial charge in [-0.15, -0.1) is 0 Å². The van der Waals surface area contributed by atoms with Crippen LogP contribution in [0.2, 0.25) is 0 Å². The predicted octanol–water partition coefficient (Wildman–Crippen LogP) is 1.09. The van der Waals surface area contributed by atoms with Crippen LogP contribution in [0.4, 0.5) is 5.69 Å². The van der Waals surface area contributed by atoms with Gasteiger partial charge in [-0.05, 0) is 31.5 Å². The molecule has 0 saturated carbocycles. The van der Waals surface area contributed by atoms with Crippen LogP contribution in [0.1, 0.15) is 12.8 Å². The van der Waals surface area contributed by atoms with E-state index in [0.717, 1.165) is 78.1 Å². The Labute approximate surface area is 176 Å². The maximum absolute atomic E-state index is 5.39. The van der Waals surface area contributed by atoms with Crippen LogP contribution < -0.4 is 15.5 Å². The van der Waals surface area contributed by atoms with E-state index in [0.29, 0.717) is 0 Å². The lowest BCUT2D eigenvalue weighted by molar-refractivity contribution is 0.0389. The fourth-order valence-corrected chi connectivity index (χ4v) is 3.91. The van der Waals surface area contributed by atoms with Gasteiger partial charge in [0.15, 0.2) is 5.96 Å². The molecule has 7 heteroatoms. The van der Waals surface area contributed by atoms with Gasteiger partial charge in [-0.25, -0.2) is 0 Å². The van der Waals surface area contributed by atoms with E-state index in [1.54, 1.807) is 0 Å². The van der Waals surface area contributed by atoms with Crippen molar-refractivity contribution in [3.05, 3.63) is 30.3 Å². The standard InChI is InChI=1S/C22H38N6O/c1-23-22(25-10-12-27-17-19-29-20-18-27)24-9-5-6-11-26-13-15-28(16-14-26)21-7-3-2-4-8-21/h2-4,7-8H,5-6,9-20H2,1H3,(H2,23,24,25). The van der Waals surface area contributed by atoms with Crippen LogP contribution >= 0.6 is 0 Å². The second-order valence-electron chi connectivity index (χ2n) is 7.75. The van der Waals surface area contributed by atoms with Crippen molar-refractivity contribution in [2.75, 3.05) is 90.6 Å². The summed E-state index contributed by atoms with van der Waals surface area (Å²) >= 11 is 0. The van der Waals surface area contributed by atoms with E-state index >= 15 is 0 Å². The molecule has 3 rings (SSSR count). The second kappa shape index (κ2) is 12.7. The van der Waals surface area contributed by atoms with Gasteiger partial charge in [-0.3, -0.25) is 14.8 Å². The number of hydrogen-bond donors (Lipinski definition) is 2. The van der Waals surface area contributed by atoms with Crippen molar-refractivity contribution in [1.29, 1.82) is 0 Å². The number of aliphatic imine (C=N–C) groups is 1. The molecule has 0 amide bonds. The Hall–Kier alpha value is -1.83. The van der Waals surface area contributed by atoms with Crippen molar-refractivity contribution in [2.45, 2.75) is 12.8 Å². The molecule has 2 heterocycles. The van der Waals surface area contributed by atoms with Gasteiger partial charge in [-0.2, -0.15) is 0 Å². The Morgan fingerprint density at radius 2 is 1.55 bits per heavy atom. The van der Waals surface area contributed by atoms with Crippen molar-refractivity contribution in [3.63, 3.8) is 0 Å². The van der Waals surface area contributed by atoms with Gasteiger partial charge >= 0.3 is 0 Å². The van der Waals surface area contributed by atoms with Gasteiger partial charge in [0.1, 0.15) is 0 Å². The first kappa shape index (κ1) is 21.9. The molecule has 0 aliphatic carbocycles. The van der Waals surface area contributed by atoms with E-state index in [2.05, 4.69) is 60.7 Å². The lowest BCUT2D eigenvalue weighted by Gasteiger charge is -2.36. The maximum Gasteiger partial charge on any atom is 0.191 e. The summed E-state index contributed by atoms with van der Waals surface area (Å²) in [6, 6.07) is 10.8. The summed E-state index contributed by atoms with van der Waals surface area (Å²) in [5.41, 5.74) is 1.35. The minimum atomic E-state index is 0.855. The van der Waals surface area contributed by atoms with Gasteiger partial charge in [0.2, 0.25) is 0 Å². The third kappa shape index (κ3) is 7.84. The number of benzene rings is 1. The number of piperazine rings is 1. The number of nitrogens with zero attached hydrogens (tertiary/aromatic N) is 4. The van der Waals surface area contributed by atoms with Crippen LogP contribution in [-0.2, 0) is 4.74 Å². The fourth-order valence-electron chi connectivity index (χ4n) is 3.91. The van der Waals surface area contributed by atoms with Gasteiger partial charge in [0, 0.05) is 71.6 Å². The Morgan fingerprint density at radius 3 is 2.28 bits per heavy atom. The van der Waals surface area contributed by atoms with Crippen molar-refractivity contribution < 1.29 is 4.74 Å². The van der Waals surface area contributed by atoms with Crippen molar-refractivity contribution in [1.82, 2.24) is 20.4 Å². The normalized spacial score (nSPS) is 19.3. The summed E-state index contributed by atoms with van der Waals surface area (Å²) in [5, 5.41) is 6.86. The molecule has 0 radical (unpaired) electrons. The molecule has 162 valence electrons. The highest BCUT2D eigenvalue weighted by atomic mass is 16.5. The van der Waals surface area contributed by atoms with Crippen LogP contribution in [0.5, 0.6) is 0 Å². The molecule has 29 heavy (non-hydrogen) atoms. The Morgan fingerprint density at radius 1 is 0.862 bits per heavy atom. The minimum Gasteiger partial charge on any atom is -0.379 e. The molecule has 0 atom stereocenters. The van der Waals surface area contributed by atoms with Gasteiger partial charge in [0.25, 0.3) is 0 Å². The zero-order valence-corrected chi connectivity index (χ0v) is 18.0. The molecule has 0 spiro atoms. The first-order valence-corrected chi connectivity index (χ1v) is 11.1. The Kier molecular flexibility index (Phi) is 9.56. The largest absolute Gasteiger partial charge is 0.379 e. The molecule has 1 aromatic rings. The first-order chi connectivity index (χ1) is 14.3. The molecule has 2 aliphatic rings. The monoisotopic (exact) mass is 402 g/mol. The van der Waals surface area contributed by atoms with Crippen LogP contribution in [0.25, 0.3) is 0 Å². The van der Waals surface area contributed by atoms with Crippen molar-refractivity contribution in [2.24, 2.45) is 4.99 Å². The maximum atomic E-state index is 5.39.